The molecule has 0 aliphatic carbocycles. The molecule has 1 aromatic heterocycles. The fourth-order valence-corrected chi connectivity index (χ4v) is 2.22. The van der Waals surface area contributed by atoms with Crippen LogP contribution in [0.25, 0.3) is 0 Å². The van der Waals surface area contributed by atoms with Crippen molar-refractivity contribution in [1.82, 2.24) is 15.2 Å². The van der Waals surface area contributed by atoms with E-state index < -0.39 is 28.4 Å². The van der Waals surface area contributed by atoms with Crippen LogP contribution in [0.1, 0.15) is 12.6 Å². The first-order valence-corrected chi connectivity index (χ1v) is 7.11. The summed E-state index contributed by atoms with van der Waals surface area (Å²) in [6, 6.07) is 2.85. The van der Waals surface area contributed by atoms with Crippen LogP contribution in [-0.2, 0) is 4.79 Å². The van der Waals surface area contributed by atoms with Crippen molar-refractivity contribution in [2.75, 3.05) is 5.32 Å². The molecule has 1 unspecified atom stereocenters. The Labute approximate surface area is 128 Å². The highest BCUT2D eigenvalue weighted by molar-refractivity contribution is 8.00. The quantitative estimate of drug-likeness (QED) is 0.838. The molecule has 0 saturated heterocycles. The van der Waals surface area contributed by atoms with Crippen LogP contribution in [0.4, 0.5) is 14.5 Å². The predicted octanol–water partition coefficient (Wildman–Crippen LogP) is 1.87. The Morgan fingerprint density at radius 3 is 2.73 bits per heavy atom. The zero-order valence-corrected chi connectivity index (χ0v) is 12.5. The molecule has 0 saturated carbocycles. The second kappa shape index (κ2) is 6.65. The van der Waals surface area contributed by atoms with Crippen LogP contribution in [0.2, 0.25) is 0 Å². The van der Waals surface area contributed by atoms with Crippen LogP contribution in [0.3, 0.4) is 0 Å². The van der Waals surface area contributed by atoms with E-state index in [1.54, 1.807) is 6.92 Å². The third-order valence-electron chi connectivity index (χ3n) is 2.69. The van der Waals surface area contributed by atoms with E-state index in [9.17, 15) is 18.4 Å². The lowest BCUT2D eigenvalue weighted by Gasteiger charge is -2.11. The Kier molecular flexibility index (Phi) is 4.86. The molecular formula is C13H12F2N4O2S. The normalized spacial score (nSPS) is 12.0. The number of amides is 1. The number of rotatable bonds is 4. The van der Waals surface area contributed by atoms with E-state index in [1.165, 1.54) is 6.92 Å². The number of nitrogens with one attached hydrogen (secondary N) is 2. The van der Waals surface area contributed by atoms with Crippen molar-refractivity contribution in [1.29, 1.82) is 0 Å². The first kappa shape index (κ1) is 16.1. The van der Waals surface area contributed by atoms with Crippen LogP contribution in [0.15, 0.2) is 28.2 Å². The third-order valence-corrected chi connectivity index (χ3v) is 3.66. The van der Waals surface area contributed by atoms with Gasteiger partial charge in [-0.05, 0) is 26.0 Å². The lowest BCUT2D eigenvalue weighted by atomic mass is 10.3. The third kappa shape index (κ3) is 3.88. The number of H-pyrrole nitrogens is 1. The Hall–Kier alpha value is -2.29. The summed E-state index contributed by atoms with van der Waals surface area (Å²) >= 11 is 0.965. The Balaban J connectivity index is 2.05. The van der Waals surface area contributed by atoms with Gasteiger partial charge in [0.15, 0.2) is 5.16 Å². The van der Waals surface area contributed by atoms with Gasteiger partial charge in [0, 0.05) is 6.07 Å². The first-order chi connectivity index (χ1) is 10.4. The van der Waals surface area contributed by atoms with E-state index in [4.69, 9.17) is 0 Å². The molecule has 0 bridgehead atoms. The molecule has 2 rings (SSSR count). The number of aryl methyl sites for hydroxylation is 1. The lowest BCUT2D eigenvalue weighted by Crippen LogP contribution is -2.24. The van der Waals surface area contributed by atoms with Gasteiger partial charge in [-0.1, -0.05) is 11.8 Å². The molecule has 1 aromatic carbocycles. The number of nitrogens with zero attached hydrogens (tertiary/aromatic N) is 2. The van der Waals surface area contributed by atoms with Gasteiger partial charge in [0.1, 0.15) is 17.3 Å². The molecular weight excluding hydrogens is 314 g/mol. The lowest BCUT2D eigenvalue weighted by molar-refractivity contribution is -0.115. The fourth-order valence-electron chi connectivity index (χ4n) is 1.48. The van der Waals surface area contributed by atoms with Crippen LogP contribution >= 0.6 is 11.8 Å². The second-order valence-electron chi connectivity index (χ2n) is 4.42. The number of benzene rings is 1. The van der Waals surface area contributed by atoms with Crippen molar-refractivity contribution in [3.05, 3.63) is 45.9 Å². The van der Waals surface area contributed by atoms with E-state index in [0.717, 1.165) is 23.9 Å². The van der Waals surface area contributed by atoms with Crippen molar-refractivity contribution in [2.24, 2.45) is 0 Å². The number of carbonyl (C=O) groups is 1. The average molecular weight is 326 g/mol. The molecule has 0 fully saturated rings. The molecule has 22 heavy (non-hydrogen) atoms. The zero-order chi connectivity index (χ0) is 16.3. The van der Waals surface area contributed by atoms with Crippen molar-refractivity contribution >= 4 is 23.4 Å². The summed E-state index contributed by atoms with van der Waals surface area (Å²) < 4.78 is 26.3. The average Bonchev–Trinajstić information content (AvgIpc) is 2.45. The smallest absolute Gasteiger partial charge is 0.273 e. The molecule has 1 heterocycles. The molecule has 9 heteroatoms. The van der Waals surface area contributed by atoms with Crippen molar-refractivity contribution in [2.45, 2.75) is 24.3 Å². The van der Waals surface area contributed by atoms with Gasteiger partial charge in [-0.2, -0.15) is 0 Å². The minimum atomic E-state index is -0.867. The van der Waals surface area contributed by atoms with Gasteiger partial charge in [0.05, 0.1) is 10.9 Å². The maximum atomic E-state index is 13.5. The van der Waals surface area contributed by atoms with Gasteiger partial charge in [0.2, 0.25) is 5.91 Å². The molecule has 1 amide bonds. The van der Waals surface area contributed by atoms with Crippen molar-refractivity contribution < 1.29 is 13.6 Å². The van der Waals surface area contributed by atoms with Gasteiger partial charge < -0.3 is 5.32 Å². The molecule has 2 aromatic rings. The van der Waals surface area contributed by atoms with Crippen LogP contribution in [0.5, 0.6) is 0 Å². The van der Waals surface area contributed by atoms with Gasteiger partial charge in [0.25, 0.3) is 5.56 Å². The Morgan fingerprint density at radius 1 is 1.36 bits per heavy atom. The highest BCUT2D eigenvalue weighted by atomic mass is 32.2. The number of anilines is 1. The molecule has 6 nitrogen and oxygen atoms in total. The fraction of sp³-hybridized carbons (Fsp3) is 0.231. The minimum absolute atomic E-state index is 0.123. The Bertz CT molecular complexity index is 766. The Morgan fingerprint density at radius 2 is 2.09 bits per heavy atom. The number of aromatic nitrogens is 3. The largest absolute Gasteiger partial charge is 0.323 e. The van der Waals surface area contributed by atoms with Crippen molar-refractivity contribution in [3.63, 3.8) is 0 Å². The second-order valence-corrected chi connectivity index (χ2v) is 5.75. The van der Waals surface area contributed by atoms with E-state index in [0.29, 0.717) is 6.07 Å². The SMILES string of the molecule is Cc1nnc(SC(C)C(=O)Nc2ccc(F)cc2F)[nH]c1=O. The standard InChI is InChI=1S/C13H12F2N4O2S/c1-6-11(20)17-13(19-18-6)22-7(2)12(21)16-10-4-3-8(14)5-9(10)15/h3-5,7H,1-2H3,(H,16,21)(H,17,19,20). The van der Waals surface area contributed by atoms with E-state index in [2.05, 4.69) is 20.5 Å². The molecule has 116 valence electrons. The van der Waals surface area contributed by atoms with E-state index in [-0.39, 0.29) is 16.5 Å². The summed E-state index contributed by atoms with van der Waals surface area (Å²) in [5.41, 5.74) is -0.299. The van der Waals surface area contributed by atoms with Gasteiger partial charge in [-0.15, -0.1) is 10.2 Å². The molecule has 2 N–H and O–H groups in total. The summed E-state index contributed by atoms with van der Waals surface area (Å²) in [6.07, 6.45) is 0. The molecule has 0 radical (unpaired) electrons. The van der Waals surface area contributed by atoms with Crippen LogP contribution < -0.4 is 10.9 Å². The van der Waals surface area contributed by atoms with Crippen molar-refractivity contribution in [3.8, 4) is 0 Å². The van der Waals surface area contributed by atoms with E-state index in [1.807, 2.05) is 0 Å². The van der Waals surface area contributed by atoms with E-state index >= 15 is 0 Å². The summed E-state index contributed by atoms with van der Waals surface area (Å²) in [4.78, 5) is 25.8. The number of thioether (sulfide) groups is 1. The number of carbonyl (C=O) groups excluding carboxylic acids is 1. The minimum Gasteiger partial charge on any atom is -0.323 e. The zero-order valence-electron chi connectivity index (χ0n) is 11.7. The molecule has 0 aliphatic rings. The summed E-state index contributed by atoms with van der Waals surface area (Å²) in [6.45, 7) is 3.06. The number of hydrogen-bond acceptors (Lipinski definition) is 5. The first-order valence-electron chi connectivity index (χ1n) is 6.23. The monoisotopic (exact) mass is 326 g/mol. The topological polar surface area (TPSA) is 87.7 Å². The predicted molar refractivity (Wildman–Crippen MR) is 77.7 cm³/mol. The van der Waals surface area contributed by atoms with Gasteiger partial charge in [-0.3, -0.25) is 14.6 Å². The van der Waals surface area contributed by atoms with Gasteiger partial charge >= 0.3 is 0 Å². The maximum absolute atomic E-state index is 13.5. The molecule has 0 spiro atoms. The number of hydrogen-bond donors (Lipinski definition) is 2. The summed E-state index contributed by atoms with van der Waals surface area (Å²) in [5.74, 6) is -2.11. The van der Waals surface area contributed by atoms with Crippen LogP contribution in [-0.4, -0.2) is 26.3 Å². The number of aromatic amines is 1. The van der Waals surface area contributed by atoms with Crippen LogP contribution in [0, 0.1) is 18.6 Å². The summed E-state index contributed by atoms with van der Waals surface area (Å²) in [5, 5.41) is 9.25. The molecule has 1 atom stereocenters. The number of halogens is 2. The highest BCUT2D eigenvalue weighted by Gasteiger charge is 2.18. The van der Waals surface area contributed by atoms with Gasteiger partial charge in [-0.25, -0.2) is 8.78 Å². The molecule has 0 aliphatic heterocycles. The highest BCUT2D eigenvalue weighted by Crippen LogP contribution is 2.21. The summed E-state index contributed by atoms with van der Waals surface area (Å²) in [7, 11) is 0. The maximum Gasteiger partial charge on any atom is 0.273 e.